The second-order valence-electron chi connectivity index (χ2n) is 7.14. The lowest BCUT2D eigenvalue weighted by Crippen LogP contribution is -2.47. The summed E-state index contributed by atoms with van der Waals surface area (Å²) < 4.78 is 27.6. The van der Waals surface area contributed by atoms with Crippen LogP contribution >= 0.6 is 0 Å². The molecule has 24 heavy (non-hydrogen) atoms. The zero-order valence-electron chi connectivity index (χ0n) is 14.1. The minimum absolute atomic E-state index is 0.0874. The van der Waals surface area contributed by atoms with Crippen LogP contribution in [0.1, 0.15) is 43.5 Å². The highest BCUT2D eigenvalue weighted by Gasteiger charge is 2.36. The van der Waals surface area contributed by atoms with Crippen molar-refractivity contribution >= 4 is 0 Å². The number of fused-ring (bicyclic) bond motifs is 1. The van der Waals surface area contributed by atoms with Gasteiger partial charge in [-0.15, -0.1) is 0 Å². The Morgan fingerprint density at radius 2 is 2.04 bits per heavy atom. The van der Waals surface area contributed by atoms with E-state index in [-0.39, 0.29) is 24.4 Å². The van der Waals surface area contributed by atoms with Crippen molar-refractivity contribution in [3.8, 4) is 5.75 Å². The minimum atomic E-state index is -1.35. The van der Waals surface area contributed by atoms with Crippen molar-refractivity contribution in [1.82, 2.24) is 9.88 Å². The number of hydrogen-bond donors (Lipinski definition) is 1. The molecule has 1 aliphatic rings. The Labute approximate surface area is 141 Å². The van der Waals surface area contributed by atoms with Crippen molar-refractivity contribution in [2.45, 2.75) is 44.9 Å². The number of pyridine rings is 1. The molecule has 1 aromatic carbocycles. The third kappa shape index (κ3) is 3.41. The largest absolute Gasteiger partial charge is 0.508 e. The Morgan fingerprint density at radius 1 is 1.29 bits per heavy atom. The maximum atomic E-state index is 14.4. The molecule has 0 saturated heterocycles. The quantitative estimate of drug-likeness (QED) is 0.863. The van der Waals surface area contributed by atoms with Crippen LogP contribution in [0.4, 0.5) is 8.78 Å². The highest BCUT2D eigenvalue weighted by Crippen LogP contribution is 2.39. The standard InChI is InChI=1S/C19H22F2N2O/c1-12-8-14-9-15(24)5-6-16(14)18(23(12)11-19(2,3)21)13-4-7-17(20)22-10-13/h4-7,9-10,12,18,24H,8,11H2,1-3H3/t12-,18-/m1/s1. The lowest BCUT2D eigenvalue weighted by Gasteiger charge is -2.44. The fourth-order valence-electron chi connectivity index (χ4n) is 3.51. The summed E-state index contributed by atoms with van der Waals surface area (Å²) in [6, 6.07) is 8.15. The third-order valence-corrected chi connectivity index (χ3v) is 4.46. The van der Waals surface area contributed by atoms with Crippen LogP contribution in [0.3, 0.4) is 0 Å². The van der Waals surface area contributed by atoms with Gasteiger partial charge in [-0.1, -0.05) is 12.1 Å². The van der Waals surface area contributed by atoms with Crippen LogP contribution in [-0.2, 0) is 6.42 Å². The molecule has 3 nitrogen and oxygen atoms in total. The Morgan fingerprint density at radius 3 is 2.67 bits per heavy atom. The smallest absolute Gasteiger partial charge is 0.212 e. The van der Waals surface area contributed by atoms with Crippen molar-refractivity contribution in [3.63, 3.8) is 0 Å². The molecule has 2 heterocycles. The maximum absolute atomic E-state index is 14.4. The highest BCUT2D eigenvalue weighted by molar-refractivity contribution is 5.43. The van der Waals surface area contributed by atoms with Gasteiger partial charge in [0.25, 0.3) is 0 Å². The number of phenolic OH excluding ortho intramolecular Hbond substituents is 1. The Kier molecular flexibility index (Phi) is 4.30. The van der Waals surface area contributed by atoms with Crippen molar-refractivity contribution in [1.29, 1.82) is 0 Å². The van der Waals surface area contributed by atoms with Crippen LogP contribution in [0, 0.1) is 5.95 Å². The van der Waals surface area contributed by atoms with Crippen LogP contribution in [0.5, 0.6) is 5.75 Å². The average molecular weight is 332 g/mol. The zero-order chi connectivity index (χ0) is 17.5. The monoisotopic (exact) mass is 332 g/mol. The molecular formula is C19H22F2N2O. The van der Waals surface area contributed by atoms with Gasteiger partial charge in [0.2, 0.25) is 5.95 Å². The molecule has 5 heteroatoms. The molecule has 0 radical (unpaired) electrons. The van der Waals surface area contributed by atoms with Gasteiger partial charge in [-0.2, -0.15) is 4.39 Å². The summed E-state index contributed by atoms with van der Waals surface area (Å²) in [4.78, 5) is 5.86. The van der Waals surface area contributed by atoms with E-state index in [4.69, 9.17) is 0 Å². The second kappa shape index (κ2) is 6.13. The summed E-state index contributed by atoms with van der Waals surface area (Å²) in [5.74, 6) is -0.317. The van der Waals surface area contributed by atoms with E-state index in [1.54, 1.807) is 32.0 Å². The van der Waals surface area contributed by atoms with Gasteiger partial charge in [-0.05, 0) is 62.1 Å². The lowest BCUT2D eigenvalue weighted by molar-refractivity contribution is 0.0675. The SMILES string of the molecule is C[C@@H]1Cc2cc(O)ccc2[C@@H](c2ccc(F)nc2)N1CC(C)(C)F. The van der Waals surface area contributed by atoms with Crippen molar-refractivity contribution in [2.24, 2.45) is 0 Å². The summed E-state index contributed by atoms with van der Waals surface area (Å²) >= 11 is 0. The predicted molar refractivity (Wildman–Crippen MR) is 89.2 cm³/mol. The molecule has 1 N–H and O–H groups in total. The van der Waals surface area contributed by atoms with E-state index in [2.05, 4.69) is 9.88 Å². The van der Waals surface area contributed by atoms with Crippen LogP contribution in [-0.4, -0.2) is 33.2 Å². The van der Waals surface area contributed by atoms with Crippen LogP contribution in [0.2, 0.25) is 0 Å². The molecule has 2 aromatic rings. The van der Waals surface area contributed by atoms with Crippen LogP contribution < -0.4 is 0 Å². The number of benzene rings is 1. The first kappa shape index (κ1) is 16.8. The Bertz CT molecular complexity index is 725. The molecule has 0 spiro atoms. The molecule has 128 valence electrons. The molecule has 3 rings (SSSR count). The molecule has 0 unspecified atom stereocenters. The zero-order valence-corrected chi connectivity index (χ0v) is 14.1. The van der Waals surface area contributed by atoms with E-state index < -0.39 is 11.6 Å². The summed E-state index contributed by atoms with van der Waals surface area (Å²) in [7, 11) is 0. The molecule has 1 aromatic heterocycles. The number of halogens is 2. The summed E-state index contributed by atoms with van der Waals surface area (Å²) in [6.07, 6.45) is 2.23. The van der Waals surface area contributed by atoms with E-state index in [0.29, 0.717) is 0 Å². The number of alkyl halides is 1. The van der Waals surface area contributed by atoms with Gasteiger partial charge in [0, 0.05) is 18.8 Å². The number of nitrogens with zero attached hydrogens (tertiary/aromatic N) is 2. The molecule has 0 aliphatic carbocycles. The summed E-state index contributed by atoms with van der Waals surface area (Å²) in [6.45, 7) is 5.43. The lowest BCUT2D eigenvalue weighted by atomic mass is 9.84. The first-order chi connectivity index (χ1) is 11.2. The number of aromatic nitrogens is 1. The van der Waals surface area contributed by atoms with E-state index in [1.165, 1.54) is 12.3 Å². The van der Waals surface area contributed by atoms with Gasteiger partial charge >= 0.3 is 0 Å². The van der Waals surface area contributed by atoms with Crippen LogP contribution in [0.25, 0.3) is 0 Å². The van der Waals surface area contributed by atoms with Gasteiger partial charge in [0.15, 0.2) is 0 Å². The highest BCUT2D eigenvalue weighted by atomic mass is 19.1. The Balaban J connectivity index is 2.11. The van der Waals surface area contributed by atoms with Crippen molar-refractivity contribution < 1.29 is 13.9 Å². The van der Waals surface area contributed by atoms with E-state index >= 15 is 0 Å². The summed E-state index contributed by atoms with van der Waals surface area (Å²) in [5, 5.41) is 9.78. The van der Waals surface area contributed by atoms with Gasteiger partial charge in [0.1, 0.15) is 11.4 Å². The molecular weight excluding hydrogens is 310 g/mol. The molecule has 0 amide bonds. The van der Waals surface area contributed by atoms with Crippen molar-refractivity contribution in [2.75, 3.05) is 6.54 Å². The Hall–Kier alpha value is -2.01. The number of aromatic hydroxyl groups is 1. The maximum Gasteiger partial charge on any atom is 0.212 e. The van der Waals surface area contributed by atoms with Gasteiger partial charge in [-0.3, -0.25) is 4.90 Å². The summed E-state index contributed by atoms with van der Waals surface area (Å²) in [5.41, 5.74) is 1.50. The fraction of sp³-hybridized carbons (Fsp3) is 0.421. The molecule has 0 bridgehead atoms. The molecule has 1 aliphatic heterocycles. The fourth-order valence-corrected chi connectivity index (χ4v) is 3.51. The molecule has 0 fully saturated rings. The average Bonchev–Trinajstić information content (AvgIpc) is 2.48. The van der Waals surface area contributed by atoms with E-state index in [9.17, 15) is 13.9 Å². The molecule has 0 saturated carbocycles. The van der Waals surface area contributed by atoms with Crippen molar-refractivity contribution in [3.05, 3.63) is 59.2 Å². The van der Waals surface area contributed by atoms with Crippen LogP contribution in [0.15, 0.2) is 36.5 Å². The number of phenols is 1. The first-order valence-corrected chi connectivity index (χ1v) is 8.12. The normalized spacial score (nSPS) is 21.5. The van der Waals surface area contributed by atoms with Gasteiger partial charge < -0.3 is 5.11 Å². The number of hydrogen-bond acceptors (Lipinski definition) is 3. The van der Waals surface area contributed by atoms with Gasteiger partial charge in [-0.25, -0.2) is 9.37 Å². The predicted octanol–water partition coefficient (Wildman–Crippen LogP) is 4.01. The second-order valence-corrected chi connectivity index (χ2v) is 7.14. The third-order valence-electron chi connectivity index (χ3n) is 4.46. The van der Waals surface area contributed by atoms with E-state index in [1.807, 2.05) is 13.0 Å². The topological polar surface area (TPSA) is 36.4 Å². The minimum Gasteiger partial charge on any atom is -0.508 e. The number of rotatable bonds is 3. The first-order valence-electron chi connectivity index (χ1n) is 8.12. The van der Waals surface area contributed by atoms with E-state index in [0.717, 1.165) is 23.1 Å². The molecule has 2 atom stereocenters. The van der Waals surface area contributed by atoms with Gasteiger partial charge in [0.05, 0.1) is 6.04 Å².